The Labute approximate surface area is 220 Å². The molecule has 7 nitrogen and oxygen atoms in total. The number of hydrogen-bond donors (Lipinski definition) is 3. The molecule has 0 aliphatic carbocycles. The molecule has 1 aromatic heterocycles. The first-order chi connectivity index (χ1) is 18.0. The molecule has 0 atom stereocenters. The highest BCUT2D eigenvalue weighted by atomic mass is 16.5. The average Bonchev–Trinajstić information content (AvgIpc) is 3.19. The summed E-state index contributed by atoms with van der Waals surface area (Å²) in [7, 11) is 0. The quantitative estimate of drug-likeness (QED) is 0.407. The molecule has 0 radical (unpaired) electrons. The summed E-state index contributed by atoms with van der Waals surface area (Å²) in [4.78, 5) is 19.2. The zero-order chi connectivity index (χ0) is 26.0. The minimum Gasteiger partial charge on any atom is -0.494 e. The van der Waals surface area contributed by atoms with Crippen molar-refractivity contribution in [3.8, 4) is 16.9 Å². The van der Waals surface area contributed by atoms with Crippen LogP contribution in [0.5, 0.6) is 5.75 Å². The van der Waals surface area contributed by atoms with Gasteiger partial charge in [0.25, 0.3) is 0 Å². The second-order valence-corrected chi connectivity index (χ2v) is 10.1. The molecule has 37 heavy (non-hydrogen) atoms. The molecule has 200 valence electrons. The van der Waals surface area contributed by atoms with Gasteiger partial charge in [0.15, 0.2) is 0 Å². The van der Waals surface area contributed by atoms with E-state index in [1.54, 1.807) is 6.07 Å². The molecule has 3 aromatic rings. The highest BCUT2D eigenvalue weighted by Crippen LogP contribution is 2.30. The van der Waals surface area contributed by atoms with Gasteiger partial charge in [-0.1, -0.05) is 37.1 Å². The average molecular weight is 507 g/mol. The molecule has 2 fully saturated rings. The van der Waals surface area contributed by atoms with Crippen molar-refractivity contribution in [1.29, 1.82) is 0 Å². The Morgan fingerprint density at radius 2 is 1.62 bits per heavy atom. The fourth-order valence-corrected chi connectivity index (χ4v) is 5.24. The van der Waals surface area contributed by atoms with Crippen LogP contribution in [0.1, 0.15) is 55.9 Å². The minimum absolute atomic E-state index is 0.198. The molecule has 0 spiro atoms. The van der Waals surface area contributed by atoms with Crippen LogP contribution < -0.4 is 10.5 Å². The van der Waals surface area contributed by atoms with Gasteiger partial charge in [-0.05, 0) is 94.2 Å². The van der Waals surface area contributed by atoms with E-state index >= 15 is 0 Å². The lowest BCUT2D eigenvalue weighted by molar-refractivity contribution is 0.0691. The largest absolute Gasteiger partial charge is 0.494 e. The molecule has 7 heteroatoms. The van der Waals surface area contributed by atoms with Crippen LogP contribution in [0.2, 0.25) is 0 Å². The summed E-state index contributed by atoms with van der Waals surface area (Å²) in [6.45, 7) is 10.2. The Morgan fingerprint density at radius 3 is 2.24 bits per heavy atom. The molecule has 0 amide bonds. The second-order valence-electron chi connectivity index (χ2n) is 10.1. The molecule has 2 aliphatic heterocycles. The number of piperidine rings is 1. The lowest BCUT2D eigenvalue weighted by Crippen LogP contribution is -2.43. The van der Waals surface area contributed by atoms with Crippen LogP contribution in [0.4, 0.5) is 0 Å². The zero-order valence-electron chi connectivity index (χ0n) is 22.1. The number of aromatic nitrogens is 1. The monoisotopic (exact) mass is 506 g/mol. The summed E-state index contributed by atoms with van der Waals surface area (Å²) in [5, 5.41) is 10.00. The van der Waals surface area contributed by atoms with Crippen LogP contribution in [-0.2, 0) is 0 Å². The number of H-pyrrole nitrogens is 1. The summed E-state index contributed by atoms with van der Waals surface area (Å²) in [6.07, 6.45) is 8.08. The number of nitrogens with one attached hydrogen (secondary N) is 1. The molecule has 0 saturated carbocycles. The van der Waals surface area contributed by atoms with Crippen molar-refractivity contribution in [3.05, 3.63) is 54.2 Å². The first-order valence-corrected chi connectivity index (χ1v) is 13.8. The number of carboxylic acids is 1. The maximum Gasteiger partial charge on any atom is 0.352 e. The Bertz CT molecular complexity index is 1110. The lowest BCUT2D eigenvalue weighted by Gasteiger charge is -2.32. The Hall–Kier alpha value is -2.87. The number of hydrogen-bond acceptors (Lipinski definition) is 5. The number of rotatable bonds is 7. The molecule has 2 aliphatic rings. The predicted molar refractivity (Wildman–Crippen MR) is 150 cm³/mol. The summed E-state index contributed by atoms with van der Waals surface area (Å²) in [5.74, 6) is -0.127. The van der Waals surface area contributed by atoms with Crippen LogP contribution >= 0.6 is 0 Å². The maximum atomic E-state index is 11.1. The minimum atomic E-state index is -0.955. The topological polar surface area (TPSA) is 94.8 Å². The van der Waals surface area contributed by atoms with Crippen molar-refractivity contribution in [2.24, 2.45) is 5.73 Å². The molecule has 3 heterocycles. The number of ether oxygens (including phenoxy) is 1. The van der Waals surface area contributed by atoms with Crippen LogP contribution in [0.15, 0.2) is 48.5 Å². The van der Waals surface area contributed by atoms with Crippen LogP contribution in [0.25, 0.3) is 22.0 Å². The number of benzene rings is 2. The fraction of sp³-hybridized carbons (Fsp3) is 0.500. The molecule has 5 rings (SSSR count). The molecule has 0 bridgehead atoms. The summed E-state index contributed by atoms with van der Waals surface area (Å²) in [6, 6.07) is 15.7. The maximum absolute atomic E-state index is 11.1. The zero-order valence-corrected chi connectivity index (χ0v) is 22.1. The number of aromatic amines is 1. The normalized spacial score (nSPS) is 17.7. The smallest absolute Gasteiger partial charge is 0.352 e. The van der Waals surface area contributed by atoms with Gasteiger partial charge in [-0.3, -0.25) is 0 Å². The number of fused-ring (bicyclic) bond motifs is 1. The fourth-order valence-electron chi connectivity index (χ4n) is 5.24. The predicted octanol–water partition coefficient (Wildman–Crippen LogP) is 5.22. The van der Waals surface area contributed by atoms with E-state index in [1.807, 2.05) is 49.4 Å². The van der Waals surface area contributed by atoms with Gasteiger partial charge in [-0.15, -0.1) is 0 Å². The van der Waals surface area contributed by atoms with E-state index in [-0.39, 0.29) is 5.69 Å². The highest BCUT2D eigenvalue weighted by molar-refractivity contribution is 6.00. The Balaban J connectivity index is 0.000000180. The Morgan fingerprint density at radius 1 is 0.973 bits per heavy atom. The van der Waals surface area contributed by atoms with Gasteiger partial charge in [0.2, 0.25) is 0 Å². The first kappa shape index (κ1) is 27.2. The van der Waals surface area contributed by atoms with Gasteiger partial charge in [-0.2, -0.15) is 0 Å². The lowest BCUT2D eigenvalue weighted by atomic mass is 10.0. The summed E-state index contributed by atoms with van der Waals surface area (Å²) < 4.78 is 5.44. The second kappa shape index (κ2) is 13.6. The van der Waals surface area contributed by atoms with Crippen molar-refractivity contribution in [3.63, 3.8) is 0 Å². The van der Waals surface area contributed by atoms with Crippen LogP contribution in [0.3, 0.4) is 0 Å². The van der Waals surface area contributed by atoms with E-state index in [0.29, 0.717) is 12.6 Å². The highest BCUT2D eigenvalue weighted by Gasteiger charge is 2.17. The number of carbonyl (C=O) groups is 1. The van der Waals surface area contributed by atoms with E-state index in [9.17, 15) is 4.79 Å². The summed E-state index contributed by atoms with van der Waals surface area (Å²) in [5.41, 5.74) is 8.96. The van der Waals surface area contributed by atoms with E-state index in [4.69, 9.17) is 15.6 Å². The molecule has 0 unspecified atom stereocenters. The molecule has 4 N–H and O–H groups in total. The van der Waals surface area contributed by atoms with Gasteiger partial charge in [-0.25, -0.2) is 4.79 Å². The number of nitrogens with two attached hydrogens (primary N) is 1. The van der Waals surface area contributed by atoms with Crippen molar-refractivity contribution in [2.45, 2.75) is 51.5 Å². The van der Waals surface area contributed by atoms with E-state index in [2.05, 4.69) is 14.8 Å². The van der Waals surface area contributed by atoms with E-state index in [1.165, 1.54) is 77.8 Å². The number of aromatic carboxylic acids is 1. The third-order valence-electron chi connectivity index (χ3n) is 7.43. The van der Waals surface area contributed by atoms with Crippen molar-refractivity contribution < 1.29 is 14.6 Å². The van der Waals surface area contributed by atoms with Gasteiger partial charge in [0, 0.05) is 30.0 Å². The SMILES string of the molecule is CCOc1ccc(-c2cccc3[nH]c(C(=O)O)cc23)cc1.NC1CCN(CCN2CCCCCC2)CC1. The van der Waals surface area contributed by atoms with Crippen molar-refractivity contribution in [2.75, 3.05) is 45.9 Å². The number of carboxylic acid groups (broad SMARTS) is 1. The summed E-state index contributed by atoms with van der Waals surface area (Å²) >= 11 is 0. The van der Waals surface area contributed by atoms with Gasteiger partial charge in [0.1, 0.15) is 11.4 Å². The molecule has 2 aromatic carbocycles. The van der Waals surface area contributed by atoms with Crippen molar-refractivity contribution in [1.82, 2.24) is 14.8 Å². The first-order valence-electron chi connectivity index (χ1n) is 13.8. The van der Waals surface area contributed by atoms with Crippen LogP contribution in [-0.4, -0.2) is 77.8 Å². The van der Waals surface area contributed by atoms with E-state index < -0.39 is 5.97 Å². The van der Waals surface area contributed by atoms with Crippen LogP contribution in [0, 0.1) is 0 Å². The Kier molecular flexibility index (Phi) is 9.99. The van der Waals surface area contributed by atoms with Gasteiger partial charge >= 0.3 is 5.97 Å². The standard InChI is InChI=1S/C17H15NO3.C13H27N3/c1-2-21-12-8-6-11(7-9-12)13-4-3-5-15-14(13)10-16(18-15)17(19)20;14-13-5-9-16(10-6-13)12-11-15-7-3-1-2-4-8-15/h3-10,18H,2H2,1H3,(H,19,20);13H,1-12,14H2. The molecular weight excluding hydrogens is 464 g/mol. The van der Waals surface area contributed by atoms with E-state index in [0.717, 1.165) is 27.8 Å². The van der Waals surface area contributed by atoms with Crippen molar-refractivity contribution >= 4 is 16.9 Å². The van der Waals surface area contributed by atoms with Gasteiger partial charge in [0.05, 0.1) is 6.61 Å². The van der Waals surface area contributed by atoms with Gasteiger partial charge < -0.3 is 30.4 Å². The third kappa shape index (κ3) is 7.81. The number of nitrogens with zero attached hydrogens (tertiary/aromatic N) is 2. The number of likely N-dealkylation sites (tertiary alicyclic amines) is 2. The third-order valence-corrected chi connectivity index (χ3v) is 7.43. The molecule has 2 saturated heterocycles. The molecular formula is C30H42N4O3.